The van der Waals surface area contributed by atoms with Crippen LogP contribution in [-0.2, 0) is 9.59 Å². The van der Waals surface area contributed by atoms with Crippen molar-refractivity contribution in [2.45, 2.75) is 43.0 Å². The highest BCUT2D eigenvalue weighted by Crippen LogP contribution is 2.61. The van der Waals surface area contributed by atoms with E-state index in [-0.39, 0.29) is 29.3 Å². The quantitative estimate of drug-likeness (QED) is 0.684. The molecule has 6 atom stereocenters. The van der Waals surface area contributed by atoms with Crippen molar-refractivity contribution in [2.24, 2.45) is 16.7 Å². The van der Waals surface area contributed by atoms with Crippen molar-refractivity contribution in [3.63, 3.8) is 0 Å². The summed E-state index contributed by atoms with van der Waals surface area (Å²) in [5.74, 6) is -0.469. The van der Waals surface area contributed by atoms with Crippen LogP contribution in [-0.4, -0.2) is 39.4 Å². The van der Waals surface area contributed by atoms with Crippen molar-refractivity contribution >= 4 is 46.4 Å². The van der Waals surface area contributed by atoms with E-state index in [1.807, 2.05) is 13.0 Å². The van der Waals surface area contributed by atoms with E-state index in [0.29, 0.717) is 12.0 Å². The summed E-state index contributed by atoms with van der Waals surface area (Å²) in [5.41, 5.74) is 1.07. The van der Waals surface area contributed by atoms with E-state index in [0.717, 1.165) is 17.6 Å². The molecule has 1 saturated carbocycles. The predicted octanol–water partition coefficient (Wildman–Crippen LogP) is 3.55. The standard InChI is InChI=1S/C19H19Cl3O3/c1-18-4-2-10-14(15(18)11(23)3-5-18)12(24)6-9-7-13(25)16(21)17(22)19(9,10)8-20/h3,5-6,13,15-17,25H,2,4,7-8H2,1H3/t13-,15-,16+,17-,18-,19+/m1/s1. The van der Waals surface area contributed by atoms with Gasteiger partial charge in [0, 0.05) is 22.3 Å². The summed E-state index contributed by atoms with van der Waals surface area (Å²) in [6, 6.07) is 0. The number of aliphatic hydroxyl groups is 1. The maximum absolute atomic E-state index is 13.0. The number of halogens is 3. The molecule has 134 valence electrons. The number of ketones is 2. The molecule has 0 heterocycles. The lowest BCUT2D eigenvalue weighted by Crippen LogP contribution is -2.55. The number of hydrogen-bond donors (Lipinski definition) is 1. The Hall–Kier alpha value is -0.610. The molecule has 0 bridgehead atoms. The topological polar surface area (TPSA) is 54.4 Å². The van der Waals surface area contributed by atoms with Crippen LogP contribution in [0.3, 0.4) is 0 Å². The average molecular weight is 402 g/mol. The summed E-state index contributed by atoms with van der Waals surface area (Å²) in [6.45, 7) is 2.02. The summed E-state index contributed by atoms with van der Waals surface area (Å²) in [6.07, 6.45) is 5.94. The molecule has 0 unspecified atom stereocenters. The minimum absolute atomic E-state index is 0.0333. The van der Waals surface area contributed by atoms with E-state index in [9.17, 15) is 14.7 Å². The van der Waals surface area contributed by atoms with Crippen LogP contribution in [0.15, 0.2) is 34.9 Å². The summed E-state index contributed by atoms with van der Waals surface area (Å²) >= 11 is 19.5. The smallest absolute Gasteiger partial charge is 0.182 e. The Labute approximate surface area is 161 Å². The van der Waals surface area contributed by atoms with Gasteiger partial charge in [0.25, 0.3) is 0 Å². The summed E-state index contributed by atoms with van der Waals surface area (Å²) in [5, 5.41) is 8.93. The molecule has 0 radical (unpaired) electrons. The molecule has 0 amide bonds. The number of allylic oxidation sites excluding steroid dienone is 5. The number of rotatable bonds is 1. The second-order valence-corrected chi connectivity index (χ2v) is 9.06. The lowest BCUT2D eigenvalue weighted by Gasteiger charge is -2.53. The normalized spacial score (nSPS) is 45.9. The lowest BCUT2D eigenvalue weighted by atomic mass is 9.54. The van der Waals surface area contributed by atoms with Crippen LogP contribution in [0.2, 0.25) is 0 Å². The van der Waals surface area contributed by atoms with Gasteiger partial charge in [0.2, 0.25) is 0 Å². The van der Waals surface area contributed by atoms with Crippen LogP contribution in [0.1, 0.15) is 26.2 Å². The van der Waals surface area contributed by atoms with Crippen LogP contribution in [0.4, 0.5) is 0 Å². The van der Waals surface area contributed by atoms with E-state index in [1.54, 1.807) is 12.2 Å². The van der Waals surface area contributed by atoms with Gasteiger partial charge in [0.1, 0.15) is 0 Å². The molecular weight excluding hydrogens is 383 g/mol. The Kier molecular flexibility index (Phi) is 4.05. The number of carbonyl (C=O) groups is 2. The maximum atomic E-state index is 13.0. The molecule has 3 nitrogen and oxygen atoms in total. The van der Waals surface area contributed by atoms with E-state index in [4.69, 9.17) is 34.8 Å². The average Bonchev–Trinajstić information content (AvgIpc) is 2.88. The monoisotopic (exact) mass is 400 g/mol. The molecule has 0 aliphatic heterocycles. The van der Waals surface area contributed by atoms with Gasteiger partial charge in [0.05, 0.1) is 22.8 Å². The van der Waals surface area contributed by atoms with Gasteiger partial charge in [-0.2, -0.15) is 0 Å². The van der Waals surface area contributed by atoms with Gasteiger partial charge in [-0.3, -0.25) is 9.59 Å². The molecule has 0 aromatic carbocycles. The second-order valence-electron chi connectivity index (χ2n) is 7.82. The van der Waals surface area contributed by atoms with Crippen molar-refractivity contribution in [1.29, 1.82) is 0 Å². The molecule has 25 heavy (non-hydrogen) atoms. The molecule has 0 saturated heterocycles. The Morgan fingerprint density at radius 3 is 2.72 bits per heavy atom. The van der Waals surface area contributed by atoms with Crippen molar-refractivity contribution in [3.8, 4) is 0 Å². The molecule has 0 aromatic heterocycles. The largest absolute Gasteiger partial charge is 0.391 e. The van der Waals surface area contributed by atoms with Gasteiger partial charge < -0.3 is 5.11 Å². The van der Waals surface area contributed by atoms with E-state index < -0.39 is 28.2 Å². The predicted molar refractivity (Wildman–Crippen MR) is 98.2 cm³/mol. The highest BCUT2D eigenvalue weighted by molar-refractivity contribution is 6.32. The van der Waals surface area contributed by atoms with Gasteiger partial charge in [0.15, 0.2) is 11.6 Å². The maximum Gasteiger partial charge on any atom is 0.182 e. The van der Waals surface area contributed by atoms with Crippen LogP contribution in [0, 0.1) is 16.7 Å². The number of hydrogen-bond acceptors (Lipinski definition) is 3. The molecule has 4 rings (SSSR count). The highest BCUT2D eigenvalue weighted by atomic mass is 35.5. The summed E-state index contributed by atoms with van der Waals surface area (Å²) < 4.78 is 0. The van der Waals surface area contributed by atoms with Crippen LogP contribution in [0.25, 0.3) is 0 Å². The summed E-state index contributed by atoms with van der Waals surface area (Å²) in [7, 11) is 0. The van der Waals surface area contributed by atoms with E-state index in [1.165, 1.54) is 0 Å². The third-order valence-electron chi connectivity index (χ3n) is 6.54. The van der Waals surface area contributed by atoms with Gasteiger partial charge in [-0.15, -0.1) is 34.8 Å². The molecule has 6 heteroatoms. The summed E-state index contributed by atoms with van der Waals surface area (Å²) in [4.78, 5) is 25.5. The second kappa shape index (κ2) is 5.69. The SMILES string of the molecule is C[C@@]12C=CC(=O)[C@@H]1C1=C(CC2)[C@]2(CCl)C(=CC1=O)C[C@@H](O)[C@H](Cl)[C@H]2Cl. The third-order valence-corrected chi connectivity index (χ3v) is 8.28. The van der Waals surface area contributed by atoms with Crippen LogP contribution in [0.5, 0.6) is 0 Å². The Morgan fingerprint density at radius 2 is 2.04 bits per heavy atom. The first-order valence-electron chi connectivity index (χ1n) is 8.50. The van der Waals surface area contributed by atoms with Crippen molar-refractivity contribution in [1.82, 2.24) is 0 Å². The van der Waals surface area contributed by atoms with E-state index >= 15 is 0 Å². The minimum atomic E-state index is -0.814. The molecule has 4 aliphatic rings. The van der Waals surface area contributed by atoms with Gasteiger partial charge >= 0.3 is 0 Å². The molecule has 1 fully saturated rings. The molecule has 1 N–H and O–H groups in total. The fourth-order valence-electron chi connectivity index (χ4n) is 5.14. The fourth-order valence-corrected chi connectivity index (χ4v) is 6.53. The zero-order chi connectivity index (χ0) is 18.1. The zero-order valence-corrected chi connectivity index (χ0v) is 16.0. The number of fused-ring (bicyclic) bond motifs is 4. The van der Waals surface area contributed by atoms with Gasteiger partial charge in [-0.1, -0.05) is 18.6 Å². The fraction of sp³-hybridized carbons (Fsp3) is 0.579. The number of aliphatic hydroxyl groups excluding tert-OH is 1. The van der Waals surface area contributed by atoms with Gasteiger partial charge in [-0.25, -0.2) is 0 Å². The molecule has 0 aromatic rings. The minimum Gasteiger partial charge on any atom is -0.391 e. The van der Waals surface area contributed by atoms with Crippen molar-refractivity contribution in [3.05, 3.63) is 34.9 Å². The number of alkyl halides is 3. The van der Waals surface area contributed by atoms with Crippen LogP contribution >= 0.6 is 34.8 Å². The number of carbonyl (C=O) groups excluding carboxylic acids is 2. The van der Waals surface area contributed by atoms with Crippen molar-refractivity contribution < 1.29 is 14.7 Å². The molecule has 4 aliphatic carbocycles. The zero-order valence-electron chi connectivity index (χ0n) is 13.8. The van der Waals surface area contributed by atoms with E-state index in [2.05, 4.69) is 0 Å². The van der Waals surface area contributed by atoms with Gasteiger partial charge in [-0.05, 0) is 37.0 Å². The lowest BCUT2D eigenvalue weighted by molar-refractivity contribution is -0.121. The third kappa shape index (κ3) is 2.16. The van der Waals surface area contributed by atoms with Crippen LogP contribution < -0.4 is 0 Å². The molecular formula is C19H19Cl3O3. The first-order chi connectivity index (χ1) is 11.8. The highest BCUT2D eigenvalue weighted by Gasteiger charge is 2.59. The Bertz CT molecular complexity index is 768. The Balaban J connectivity index is 1.93. The first-order valence-corrected chi connectivity index (χ1v) is 9.91. The first kappa shape index (κ1) is 17.8. The Morgan fingerprint density at radius 1 is 1.32 bits per heavy atom. The molecule has 0 spiro atoms. The van der Waals surface area contributed by atoms with Crippen molar-refractivity contribution in [2.75, 3.05) is 5.88 Å².